The van der Waals surface area contributed by atoms with Crippen LogP contribution in [0.5, 0.6) is 0 Å². The highest BCUT2D eigenvalue weighted by atomic mass is 32.2. The third kappa shape index (κ3) is 4.44. The van der Waals surface area contributed by atoms with Gasteiger partial charge in [-0.15, -0.1) is 11.3 Å². The predicted octanol–water partition coefficient (Wildman–Crippen LogP) is 2.42. The smallest absolute Gasteiger partial charge is 0.225 e. The molecule has 2 rings (SSSR count). The summed E-state index contributed by atoms with van der Waals surface area (Å²) in [5.74, 6) is 0.830. The predicted molar refractivity (Wildman–Crippen MR) is 84.2 cm³/mol. The summed E-state index contributed by atoms with van der Waals surface area (Å²) in [7, 11) is 0. The molecule has 0 atom stereocenters. The lowest BCUT2D eigenvalue weighted by atomic mass is 10.3. The molecule has 0 unspecified atom stereocenters. The number of thioether (sulfide) groups is 1. The molecule has 0 saturated carbocycles. The molecule has 2 heterocycles. The van der Waals surface area contributed by atoms with Gasteiger partial charge in [-0.25, -0.2) is 9.97 Å². The standard InChI is InChI=1S/C13H13N5OS2/c1-8-6-10(15)17-13(16-8)21-5-3-11(19)18-12-9(7-14)2-4-20-12/h2,4,6H,3,5H2,1H3,(H,18,19)(H2,15,16,17). The Kier molecular flexibility index (Phi) is 5.14. The fourth-order valence-corrected chi connectivity index (χ4v) is 3.15. The number of carbonyl (C=O) groups excluding carboxylic acids is 1. The number of nitrogens with zero attached hydrogens (tertiary/aromatic N) is 3. The van der Waals surface area contributed by atoms with Gasteiger partial charge in [0.25, 0.3) is 0 Å². The number of nitrogen functional groups attached to an aromatic ring is 1. The minimum Gasteiger partial charge on any atom is -0.384 e. The first-order chi connectivity index (χ1) is 10.1. The van der Waals surface area contributed by atoms with E-state index in [1.807, 2.05) is 13.0 Å². The minimum atomic E-state index is -0.137. The van der Waals surface area contributed by atoms with Crippen molar-refractivity contribution >= 4 is 39.8 Å². The molecule has 0 aromatic carbocycles. The molecule has 0 spiro atoms. The SMILES string of the molecule is Cc1cc(N)nc(SCCC(=O)Nc2sccc2C#N)n1. The highest BCUT2D eigenvalue weighted by Gasteiger charge is 2.09. The molecule has 0 saturated heterocycles. The molecular weight excluding hydrogens is 306 g/mol. The van der Waals surface area contributed by atoms with E-state index in [4.69, 9.17) is 11.0 Å². The number of aryl methyl sites for hydroxylation is 1. The molecule has 1 amide bonds. The van der Waals surface area contributed by atoms with Crippen molar-refractivity contribution in [3.05, 3.63) is 28.8 Å². The zero-order valence-corrected chi connectivity index (χ0v) is 12.9. The van der Waals surface area contributed by atoms with Crippen LogP contribution in [0.25, 0.3) is 0 Å². The van der Waals surface area contributed by atoms with Crippen molar-refractivity contribution in [2.75, 3.05) is 16.8 Å². The van der Waals surface area contributed by atoms with Crippen molar-refractivity contribution in [3.63, 3.8) is 0 Å². The van der Waals surface area contributed by atoms with Gasteiger partial charge in [-0.05, 0) is 18.4 Å². The van der Waals surface area contributed by atoms with Gasteiger partial charge in [-0.3, -0.25) is 4.79 Å². The van der Waals surface area contributed by atoms with Gasteiger partial charge in [0, 0.05) is 23.9 Å². The van der Waals surface area contributed by atoms with Crippen molar-refractivity contribution < 1.29 is 4.79 Å². The Morgan fingerprint density at radius 3 is 3.10 bits per heavy atom. The minimum absolute atomic E-state index is 0.137. The summed E-state index contributed by atoms with van der Waals surface area (Å²) in [6.07, 6.45) is 0.310. The van der Waals surface area contributed by atoms with E-state index in [0.29, 0.717) is 33.7 Å². The third-order valence-corrected chi connectivity index (χ3v) is 4.13. The Morgan fingerprint density at radius 2 is 2.38 bits per heavy atom. The zero-order valence-electron chi connectivity index (χ0n) is 11.3. The summed E-state index contributed by atoms with van der Waals surface area (Å²) in [6, 6.07) is 5.40. The normalized spacial score (nSPS) is 10.1. The Labute approximate surface area is 130 Å². The number of thiophene rings is 1. The molecular formula is C13H13N5OS2. The number of aromatic nitrogens is 2. The van der Waals surface area contributed by atoms with Crippen molar-refractivity contribution in [2.45, 2.75) is 18.5 Å². The number of hydrogen-bond donors (Lipinski definition) is 2. The first-order valence-corrected chi connectivity index (χ1v) is 7.96. The van der Waals surface area contributed by atoms with Gasteiger partial charge in [-0.1, -0.05) is 11.8 Å². The van der Waals surface area contributed by atoms with E-state index in [0.717, 1.165) is 5.69 Å². The molecule has 0 aliphatic heterocycles. The van der Waals surface area contributed by atoms with E-state index in [-0.39, 0.29) is 5.91 Å². The summed E-state index contributed by atoms with van der Waals surface area (Å²) in [5.41, 5.74) is 6.92. The highest BCUT2D eigenvalue weighted by Crippen LogP contribution is 2.22. The van der Waals surface area contributed by atoms with Gasteiger partial charge in [0.2, 0.25) is 5.91 Å². The van der Waals surface area contributed by atoms with Crippen LogP contribution in [0.15, 0.2) is 22.7 Å². The topological polar surface area (TPSA) is 105 Å². The molecule has 8 heteroatoms. The summed E-state index contributed by atoms with van der Waals surface area (Å²) >= 11 is 2.71. The van der Waals surface area contributed by atoms with Crippen molar-refractivity contribution in [1.82, 2.24) is 9.97 Å². The van der Waals surface area contributed by atoms with E-state index in [9.17, 15) is 4.79 Å². The monoisotopic (exact) mass is 319 g/mol. The fraction of sp³-hybridized carbons (Fsp3) is 0.231. The molecule has 0 radical (unpaired) electrons. The summed E-state index contributed by atoms with van der Waals surface area (Å²) in [5, 5.41) is 14.5. The lowest BCUT2D eigenvalue weighted by Gasteiger charge is -2.04. The van der Waals surface area contributed by atoms with Crippen LogP contribution >= 0.6 is 23.1 Å². The lowest BCUT2D eigenvalue weighted by Crippen LogP contribution is -2.12. The van der Waals surface area contributed by atoms with E-state index >= 15 is 0 Å². The zero-order chi connectivity index (χ0) is 15.2. The van der Waals surface area contributed by atoms with Crippen LogP contribution in [-0.4, -0.2) is 21.6 Å². The number of nitrogens with one attached hydrogen (secondary N) is 1. The molecule has 0 aliphatic carbocycles. The summed E-state index contributed by atoms with van der Waals surface area (Å²) < 4.78 is 0. The molecule has 108 valence electrons. The summed E-state index contributed by atoms with van der Waals surface area (Å²) in [6.45, 7) is 1.84. The maximum Gasteiger partial charge on any atom is 0.225 e. The first kappa shape index (κ1) is 15.3. The molecule has 21 heavy (non-hydrogen) atoms. The number of nitrogens with two attached hydrogens (primary N) is 1. The van der Waals surface area contributed by atoms with Gasteiger partial charge in [-0.2, -0.15) is 5.26 Å². The Hall–Kier alpha value is -2.11. The average Bonchev–Trinajstić information content (AvgIpc) is 2.84. The molecule has 0 bridgehead atoms. The number of nitriles is 1. The van der Waals surface area contributed by atoms with Crippen LogP contribution in [0, 0.1) is 18.3 Å². The second kappa shape index (κ2) is 7.06. The van der Waals surface area contributed by atoms with Crippen LogP contribution in [0.2, 0.25) is 0 Å². The largest absolute Gasteiger partial charge is 0.384 e. The third-order valence-electron chi connectivity index (χ3n) is 2.45. The highest BCUT2D eigenvalue weighted by molar-refractivity contribution is 7.99. The van der Waals surface area contributed by atoms with Crippen LogP contribution in [0.4, 0.5) is 10.8 Å². The van der Waals surface area contributed by atoms with E-state index in [1.165, 1.54) is 23.1 Å². The van der Waals surface area contributed by atoms with Gasteiger partial charge >= 0.3 is 0 Å². The second-order valence-corrected chi connectivity index (χ2v) is 6.12. The fourth-order valence-electron chi connectivity index (χ4n) is 1.55. The Balaban J connectivity index is 1.83. The number of rotatable bonds is 5. The number of anilines is 2. The maximum atomic E-state index is 11.8. The Morgan fingerprint density at radius 1 is 1.57 bits per heavy atom. The van der Waals surface area contributed by atoms with Crippen molar-refractivity contribution in [1.29, 1.82) is 5.26 Å². The molecule has 2 aromatic heterocycles. The summed E-state index contributed by atoms with van der Waals surface area (Å²) in [4.78, 5) is 20.1. The molecule has 2 aromatic rings. The van der Waals surface area contributed by atoms with Crippen LogP contribution < -0.4 is 11.1 Å². The van der Waals surface area contributed by atoms with Gasteiger partial charge in [0.15, 0.2) is 5.16 Å². The quantitative estimate of drug-likeness (QED) is 0.648. The molecule has 0 aliphatic rings. The van der Waals surface area contributed by atoms with Crippen LogP contribution in [0.3, 0.4) is 0 Å². The van der Waals surface area contributed by atoms with Crippen LogP contribution in [-0.2, 0) is 4.79 Å². The van der Waals surface area contributed by atoms with E-state index < -0.39 is 0 Å². The van der Waals surface area contributed by atoms with Crippen molar-refractivity contribution in [3.8, 4) is 6.07 Å². The maximum absolute atomic E-state index is 11.8. The van der Waals surface area contributed by atoms with Crippen LogP contribution in [0.1, 0.15) is 17.7 Å². The average molecular weight is 319 g/mol. The van der Waals surface area contributed by atoms with Gasteiger partial charge in [0.05, 0.1) is 5.56 Å². The van der Waals surface area contributed by atoms with Crippen molar-refractivity contribution in [2.24, 2.45) is 0 Å². The van der Waals surface area contributed by atoms with Gasteiger partial charge < -0.3 is 11.1 Å². The molecule has 6 nitrogen and oxygen atoms in total. The second-order valence-electron chi connectivity index (χ2n) is 4.14. The number of hydrogen-bond acceptors (Lipinski definition) is 7. The van der Waals surface area contributed by atoms with Gasteiger partial charge in [0.1, 0.15) is 16.9 Å². The molecule has 0 fully saturated rings. The van der Waals surface area contributed by atoms with E-state index in [2.05, 4.69) is 15.3 Å². The number of carbonyl (C=O) groups is 1. The molecule has 3 N–H and O–H groups in total. The first-order valence-electron chi connectivity index (χ1n) is 6.10. The Bertz CT molecular complexity index is 672. The van der Waals surface area contributed by atoms with E-state index in [1.54, 1.807) is 17.5 Å². The lowest BCUT2D eigenvalue weighted by molar-refractivity contribution is -0.115. The number of amides is 1.